The van der Waals surface area contributed by atoms with Gasteiger partial charge in [0.05, 0.1) is 0 Å². The van der Waals surface area contributed by atoms with Gasteiger partial charge in [-0.2, -0.15) is 0 Å². The zero-order valence-electron chi connectivity index (χ0n) is 9.62. The van der Waals surface area contributed by atoms with E-state index in [0.29, 0.717) is 6.54 Å². The molecule has 2 N–H and O–H groups in total. The van der Waals surface area contributed by atoms with E-state index in [2.05, 4.69) is 16.4 Å². The summed E-state index contributed by atoms with van der Waals surface area (Å²) < 4.78 is 0. The van der Waals surface area contributed by atoms with Gasteiger partial charge >= 0.3 is 0 Å². The highest BCUT2D eigenvalue weighted by Gasteiger charge is 2.28. The second-order valence-corrected chi connectivity index (χ2v) is 4.87. The molecule has 0 spiro atoms. The highest BCUT2D eigenvalue weighted by atomic mass is 15.3. The number of nitrogens with two attached hydrogens (primary N) is 1. The van der Waals surface area contributed by atoms with Crippen molar-refractivity contribution >= 4 is 0 Å². The summed E-state index contributed by atoms with van der Waals surface area (Å²) >= 11 is 0. The Morgan fingerprint density at radius 2 is 2.00 bits per heavy atom. The molecule has 86 valence electrons. The molecule has 0 aromatic carbocycles. The van der Waals surface area contributed by atoms with Crippen LogP contribution >= 0.6 is 0 Å². The van der Waals surface area contributed by atoms with E-state index in [0.717, 1.165) is 18.2 Å². The molecule has 0 aromatic rings. The number of rotatable bonds is 4. The van der Waals surface area contributed by atoms with E-state index in [1.54, 1.807) is 0 Å². The molecule has 2 aliphatic rings. The van der Waals surface area contributed by atoms with E-state index in [1.807, 2.05) is 0 Å². The largest absolute Gasteiger partial charge is 0.327 e. The minimum Gasteiger partial charge on any atom is -0.327 e. The van der Waals surface area contributed by atoms with Gasteiger partial charge in [0, 0.05) is 32.2 Å². The summed E-state index contributed by atoms with van der Waals surface area (Å²) in [4.78, 5) is 5.16. The summed E-state index contributed by atoms with van der Waals surface area (Å²) in [6.45, 7) is 10.7. The highest BCUT2D eigenvalue weighted by molar-refractivity contribution is 5.00. The molecule has 0 aliphatic carbocycles. The standard InChI is InChI=1S/C12H23N3/c1-11(8-13)9-14-7-4-12(10-14)15-5-2-3-6-15/h12H,1-10,13H2. The topological polar surface area (TPSA) is 32.5 Å². The van der Waals surface area contributed by atoms with Crippen molar-refractivity contribution in [1.29, 1.82) is 0 Å². The van der Waals surface area contributed by atoms with E-state index in [-0.39, 0.29) is 0 Å². The molecule has 0 saturated carbocycles. The predicted octanol–water partition coefficient (Wildman–Crippen LogP) is 0.671. The van der Waals surface area contributed by atoms with Gasteiger partial charge in [0.15, 0.2) is 0 Å². The van der Waals surface area contributed by atoms with Crippen LogP contribution in [0.5, 0.6) is 0 Å². The van der Waals surface area contributed by atoms with Gasteiger partial charge in [0.2, 0.25) is 0 Å². The molecule has 1 atom stereocenters. The molecule has 2 aliphatic heterocycles. The van der Waals surface area contributed by atoms with Crippen LogP contribution < -0.4 is 5.73 Å². The molecule has 3 heteroatoms. The fraction of sp³-hybridized carbons (Fsp3) is 0.833. The lowest BCUT2D eigenvalue weighted by Gasteiger charge is -2.23. The Kier molecular flexibility index (Phi) is 3.78. The minimum atomic E-state index is 0.630. The zero-order chi connectivity index (χ0) is 10.7. The number of nitrogens with zero attached hydrogens (tertiary/aromatic N) is 2. The summed E-state index contributed by atoms with van der Waals surface area (Å²) in [6.07, 6.45) is 4.12. The van der Waals surface area contributed by atoms with Crippen molar-refractivity contribution in [2.24, 2.45) is 5.73 Å². The first kappa shape index (κ1) is 11.1. The summed E-state index contributed by atoms with van der Waals surface area (Å²) in [7, 11) is 0. The van der Waals surface area contributed by atoms with Crippen LogP contribution in [0, 0.1) is 0 Å². The maximum atomic E-state index is 5.57. The Morgan fingerprint density at radius 1 is 1.27 bits per heavy atom. The molecule has 2 heterocycles. The van der Waals surface area contributed by atoms with Crippen LogP contribution in [0.2, 0.25) is 0 Å². The molecule has 2 rings (SSSR count). The van der Waals surface area contributed by atoms with Crippen LogP contribution in [0.15, 0.2) is 12.2 Å². The van der Waals surface area contributed by atoms with Gasteiger partial charge < -0.3 is 5.73 Å². The van der Waals surface area contributed by atoms with Gasteiger partial charge in [-0.3, -0.25) is 9.80 Å². The molecule has 0 bridgehead atoms. The predicted molar refractivity (Wildman–Crippen MR) is 63.8 cm³/mol. The van der Waals surface area contributed by atoms with Crippen molar-refractivity contribution in [3.63, 3.8) is 0 Å². The van der Waals surface area contributed by atoms with Gasteiger partial charge in [0.25, 0.3) is 0 Å². The Balaban J connectivity index is 1.76. The van der Waals surface area contributed by atoms with Gasteiger partial charge in [-0.15, -0.1) is 0 Å². The molecule has 0 radical (unpaired) electrons. The molecule has 2 saturated heterocycles. The summed E-state index contributed by atoms with van der Waals surface area (Å²) in [5.74, 6) is 0. The number of likely N-dealkylation sites (tertiary alicyclic amines) is 2. The van der Waals surface area contributed by atoms with Crippen molar-refractivity contribution in [3.05, 3.63) is 12.2 Å². The van der Waals surface area contributed by atoms with Gasteiger partial charge in [-0.05, 0) is 37.9 Å². The van der Waals surface area contributed by atoms with Crippen LogP contribution in [0.25, 0.3) is 0 Å². The molecule has 2 fully saturated rings. The monoisotopic (exact) mass is 209 g/mol. The Bertz CT molecular complexity index is 221. The van der Waals surface area contributed by atoms with Gasteiger partial charge in [-0.1, -0.05) is 6.58 Å². The van der Waals surface area contributed by atoms with E-state index in [1.165, 1.54) is 45.4 Å². The van der Waals surface area contributed by atoms with Crippen molar-refractivity contribution in [2.75, 3.05) is 39.3 Å². The van der Waals surface area contributed by atoms with Crippen LogP contribution in [0.3, 0.4) is 0 Å². The highest BCUT2D eigenvalue weighted by Crippen LogP contribution is 2.20. The lowest BCUT2D eigenvalue weighted by atomic mass is 10.2. The Labute approximate surface area is 92.9 Å². The SMILES string of the molecule is C=C(CN)CN1CCC(N2CCCC2)C1. The maximum Gasteiger partial charge on any atom is 0.0235 e. The van der Waals surface area contributed by atoms with E-state index >= 15 is 0 Å². The molecule has 0 aromatic heterocycles. The second-order valence-electron chi connectivity index (χ2n) is 4.87. The van der Waals surface area contributed by atoms with E-state index in [4.69, 9.17) is 5.73 Å². The van der Waals surface area contributed by atoms with Crippen LogP contribution in [0.1, 0.15) is 19.3 Å². The molecular weight excluding hydrogens is 186 g/mol. The molecule has 1 unspecified atom stereocenters. The third-order valence-electron chi connectivity index (χ3n) is 3.64. The Hall–Kier alpha value is -0.380. The van der Waals surface area contributed by atoms with Crippen molar-refractivity contribution < 1.29 is 0 Å². The first-order chi connectivity index (χ1) is 7.29. The second kappa shape index (κ2) is 5.10. The summed E-state index contributed by atoms with van der Waals surface area (Å²) in [5, 5.41) is 0. The quantitative estimate of drug-likeness (QED) is 0.691. The molecule has 3 nitrogen and oxygen atoms in total. The van der Waals surface area contributed by atoms with Gasteiger partial charge in [0.1, 0.15) is 0 Å². The third kappa shape index (κ3) is 2.80. The average molecular weight is 209 g/mol. The number of hydrogen-bond donors (Lipinski definition) is 1. The van der Waals surface area contributed by atoms with E-state index < -0.39 is 0 Å². The fourth-order valence-corrected chi connectivity index (χ4v) is 2.74. The lowest BCUT2D eigenvalue weighted by Crippen LogP contribution is -2.36. The van der Waals surface area contributed by atoms with Crippen molar-refractivity contribution in [3.8, 4) is 0 Å². The molecular formula is C12H23N3. The van der Waals surface area contributed by atoms with Crippen LogP contribution in [-0.2, 0) is 0 Å². The van der Waals surface area contributed by atoms with Crippen molar-refractivity contribution in [1.82, 2.24) is 9.80 Å². The lowest BCUT2D eigenvalue weighted by molar-refractivity contribution is 0.237. The smallest absolute Gasteiger partial charge is 0.0235 e. The first-order valence-corrected chi connectivity index (χ1v) is 6.12. The normalized spacial score (nSPS) is 28.7. The third-order valence-corrected chi connectivity index (χ3v) is 3.64. The van der Waals surface area contributed by atoms with Gasteiger partial charge in [-0.25, -0.2) is 0 Å². The zero-order valence-corrected chi connectivity index (χ0v) is 9.62. The summed E-state index contributed by atoms with van der Waals surface area (Å²) in [6, 6.07) is 0.804. The summed E-state index contributed by atoms with van der Waals surface area (Å²) in [5.41, 5.74) is 6.73. The molecule has 0 amide bonds. The average Bonchev–Trinajstić information content (AvgIpc) is 2.85. The number of hydrogen-bond acceptors (Lipinski definition) is 3. The Morgan fingerprint density at radius 3 is 2.67 bits per heavy atom. The van der Waals surface area contributed by atoms with Crippen LogP contribution in [-0.4, -0.2) is 55.1 Å². The fourth-order valence-electron chi connectivity index (χ4n) is 2.74. The van der Waals surface area contributed by atoms with E-state index in [9.17, 15) is 0 Å². The van der Waals surface area contributed by atoms with Crippen LogP contribution in [0.4, 0.5) is 0 Å². The minimum absolute atomic E-state index is 0.630. The van der Waals surface area contributed by atoms with Crippen molar-refractivity contribution in [2.45, 2.75) is 25.3 Å². The molecule has 15 heavy (non-hydrogen) atoms. The maximum absolute atomic E-state index is 5.57. The first-order valence-electron chi connectivity index (χ1n) is 6.12.